The number of carbonyl (C=O) groups is 1. The van der Waals surface area contributed by atoms with Crippen LogP contribution in [0, 0.1) is 11.8 Å². The van der Waals surface area contributed by atoms with E-state index in [-0.39, 0.29) is 11.9 Å². The van der Waals surface area contributed by atoms with Crippen molar-refractivity contribution in [3.63, 3.8) is 0 Å². The number of likely N-dealkylation sites (tertiary alicyclic amines) is 1. The highest BCUT2D eigenvalue weighted by atomic mass is 16.2. The lowest BCUT2D eigenvalue weighted by atomic mass is 9.83. The van der Waals surface area contributed by atoms with Crippen LogP contribution in [0.25, 0.3) is 0 Å². The monoisotopic (exact) mass is 264 g/mol. The Hall–Kier alpha value is -0.830. The van der Waals surface area contributed by atoms with Gasteiger partial charge in [-0.25, -0.2) is 0 Å². The van der Waals surface area contributed by atoms with E-state index in [0.29, 0.717) is 11.8 Å². The zero-order valence-corrected chi connectivity index (χ0v) is 12.6. The van der Waals surface area contributed by atoms with Gasteiger partial charge in [0.25, 0.3) is 0 Å². The quantitative estimate of drug-likeness (QED) is 0.792. The van der Waals surface area contributed by atoms with Crippen molar-refractivity contribution in [3.05, 3.63) is 11.6 Å². The first-order chi connectivity index (χ1) is 9.06. The molecule has 1 aliphatic carbocycles. The molecule has 3 heteroatoms. The van der Waals surface area contributed by atoms with Crippen molar-refractivity contribution < 1.29 is 4.79 Å². The first-order valence-electron chi connectivity index (χ1n) is 7.75. The normalized spacial score (nSPS) is 29.2. The second-order valence-corrected chi connectivity index (χ2v) is 6.46. The minimum Gasteiger partial charge on any atom is -0.341 e. The molecule has 1 saturated heterocycles. The van der Waals surface area contributed by atoms with E-state index in [2.05, 4.69) is 25.2 Å². The molecule has 0 radical (unpaired) electrons. The molecular weight excluding hydrogens is 236 g/mol. The summed E-state index contributed by atoms with van der Waals surface area (Å²) in [6.07, 6.45) is 7.15. The van der Waals surface area contributed by atoms with Gasteiger partial charge >= 0.3 is 0 Å². The molecule has 1 aliphatic heterocycles. The molecule has 0 bridgehead atoms. The number of amides is 1. The van der Waals surface area contributed by atoms with Gasteiger partial charge in [-0.2, -0.15) is 0 Å². The molecule has 2 aliphatic rings. The lowest BCUT2D eigenvalue weighted by Gasteiger charge is -2.28. The molecule has 108 valence electrons. The van der Waals surface area contributed by atoms with E-state index >= 15 is 0 Å². The number of nitrogens with zero attached hydrogens (tertiary/aromatic N) is 1. The van der Waals surface area contributed by atoms with Crippen molar-refractivity contribution >= 4 is 5.91 Å². The molecule has 1 N–H and O–H groups in total. The summed E-state index contributed by atoms with van der Waals surface area (Å²) in [5, 5.41) is 3.45. The van der Waals surface area contributed by atoms with Gasteiger partial charge in [0.1, 0.15) is 0 Å². The maximum absolute atomic E-state index is 12.2. The molecule has 3 atom stereocenters. The fourth-order valence-electron chi connectivity index (χ4n) is 3.48. The largest absolute Gasteiger partial charge is 0.341 e. The van der Waals surface area contributed by atoms with Crippen molar-refractivity contribution in [3.8, 4) is 0 Å². The number of carbonyl (C=O) groups excluding carboxylic acids is 1. The molecule has 2 rings (SSSR count). The maximum atomic E-state index is 12.2. The molecule has 0 aromatic heterocycles. The summed E-state index contributed by atoms with van der Waals surface area (Å²) in [5.74, 6) is 1.66. The summed E-state index contributed by atoms with van der Waals surface area (Å²) in [4.78, 5) is 14.2. The molecule has 1 amide bonds. The Bertz CT molecular complexity index is 345. The van der Waals surface area contributed by atoms with Crippen LogP contribution in [0.1, 0.15) is 46.5 Å². The zero-order valence-electron chi connectivity index (χ0n) is 12.6. The smallest absolute Gasteiger partial charge is 0.239 e. The van der Waals surface area contributed by atoms with Gasteiger partial charge in [-0.1, -0.05) is 18.6 Å². The highest BCUT2D eigenvalue weighted by Crippen LogP contribution is 2.27. The van der Waals surface area contributed by atoms with Crippen LogP contribution in [-0.2, 0) is 4.79 Å². The zero-order chi connectivity index (χ0) is 13.8. The molecule has 19 heavy (non-hydrogen) atoms. The predicted octanol–water partition coefficient (Wildman–Crippen LogP) is 2.58. The molecule has 0 spiro atoms. The van der Waals surface area contributed by atoms with E-state index in [1.165, 1.54) is 31.3 Å². The SMILES string of the molecule is CC1=CC(C)CC(CNC(C)C(=O)N2CCCC2)C1. The van der Waals surface area contributed by atoms with Gasteiger partial charge in [-0.15, -0.1) is 0 Å². The maximum Gasteiger partial charge on any atom is 0.239 e. The average Bonchev–Trinajstić information content (AvgIpc) is 2.87. The van der Waals surface area contributed by atoms with E-state index in [4.69, 9.17) is 0 Å². The molecular formula is C16H28N2O. The third-order valence-electron chi connectivity index (χ3n) is 4.39. The van der Waals surface area contributed by atoms with Crippen molar-refractivity contribution in [2.45, 2.75) is 52.5 Å². The number of hydrogen-bond donors (Lipinski definition) is 1. The standard InChI is InChI=1S/C16H28N2O/c1-12-8-13(2)10-15(9-12)11-17-14(3)16(19)18-6-4-5-7-18/h8,12,14-15,17H,4-7,9-11H2,1-3H3. The topological polar surface area (TPSA) is 32.3 Å². The molecule has 1 heterocycles. The van der Waals surface area contributed by atoms with Crippen molar-refractivity contribution in [2.24, 2.45) is 11.8 Å². The van der Waals surface area contributed by atoms with E-state index in [1.807, 2.05) is 11.8 Å². The lowest BCUT2D eigenvalue weighted by Crippen LogP contribution is -2.45. The van der Waals surface area contributed by atoms with Gasteiger partial charge in [0.2, 0.25) is 5.91 Å². The van der Waals surface area contributed by atoms with Crippen molar-refractivity contribution in [2.75, 3.05) is 19.6 Å². The van der Waals surface area contributed by atoms with E-state index in [0.717, 1.165) is 19.6 Å². The summed E-state index contributed by atoms with van der Waals surface area (Å²) in [6.45, 7) is 9.39. The van der Waals surface area contributed by atoms with E-state index < -0.39 is 0 Å². The average molecular weight is 264 g/mol. The number of rotatable bonds is 4. The van der Waals surface area contributed by atoms with Crippen LogP contribution in [0.3, 0.4) is 0 Å². The van der Waals surface area contributed by atoms with Gasteiger partial charge in [0.05, 0.1) is 6.04 Å². The highest BCUT2D eigenvalue weighted by molar-refractivity contribution is 5.81. The minimum absolute atomic E-state index is 0.0281. The fourth-order valence-corrected chi connectivity index (χ4v) is 3.48. The summed E-state index contributed by atoms with van der Waals surface area (Å²) >= 11 is 0. The lowest BCUT2D eigenvalue weighted by molar-refractivity contribution is -0.132. The van der Waals surface area contributed by atoms with Gasteiger partial charge < -0.3 is 10.2 Å². The Morgan fingerprint density at radius 2 is 2.16 bits per heavy atom. The van der Waals surface area contributed by atoms with Crippen LogP contribution in [0.4, 0.5) is 0 Å². The van der Waals surface area contributed by atoms with Gasteiger partial charge in [-0.3, -0.25) is 4.79 Å². The number of nitrogens with one attached hydrogen (secondary N) is 1. The summed E-state index contributed by atoms with van der Waals surface area (Å²) < 4.78 is 0. The predicted molar refractivity (Wildman–Crippen MR) is 78.9 cm³/mol. The van der Waals surface area contributed by atoms with Crippen LogP contribution in [0.15, 0.2) is 11.6 Å². The summed E-state index contributed by atoms with van der Waals surface area (Å²) in [6, 6.07) is -0.0281. The Balaban J connectivity index is 1.75. The van der Waals surface area contributed by atoms with Crippen LogP contribution in [0.5, 0.6) is 0 Å². The van der Waals surface area contributed by atoms with Gasteiger partial charge in [-0.05, 0) is 57.9 Å². The second kappa shape index (κ2) is 6.56. The first-order valence-corrected chi connectivity index (χ1v) is 7.75. The molecule has 1 fully saturated rings. The van der Waals surface area contributed by atoms with E-state index in [9.17, 15) is 4.79 Å². The minimum atomic E-state index is -0.0281. The highest BCUT2D eigenvalue weighted by Gasteiger charge is 2.24. The Kier molecular flexibility index (Phi) is 5.03. The Morgan fingerprint density at radius 3 is 2.79 bits per heavy atom. The molecule has 3 nitrogen and oxygen atoms in total. The molecule has 0 aromatic rings. The Morgan fingerprint density at radius 1 is 1.47 bits per heavy atom. The van der Waals surface area contributed by atoms with Crippen LogP contribution in [-0.4, -0.2) is 36.5 Å². The summed E-state index contributed by atoms with van der Waals surface area (Å²) in [5.41, 5.74) is 1.50. The fraction of sp³-hybridized carbons (Fsp3) is 0.812. The third-order valence-corrected chi connectivity index (χ3v) is 4.39. The van der Waals surface area contributed by atoms with E-state index in [1.54, 1.807) is 0 Å². The molecule has 3 unspecified atom stereocenters. The summed E-state index contributed by atoms with van der Waals surface area (Å²) in [7, 11) is 0. The van der Waals surface area contributed by atoms with Gasteiger partial charge in [0.15, 0.2) is 0 Å². The van der Waals surface area contributed by atoms with Crippen LogP contribution in [0.2, 0.25) is 0 Å². The number of hydrogen-bond acceptors (Lipinski definition) is 2. The van der Waals surface area contributed by atoms with Crippen molar-refractivity contribution in [1.29, 1.82) is 0 Å². The number of allylic oxidation sites excluding steroid dienone is 2. The van der Waals surface area contributed by atoms with Crippen molar-refractivity contribution in [1.82, 2.24) is 10.2 Å². The molecule has 0 saturated carbocycles. The Labute approximate surface area is 117 Å². The van der Waals surface area contributed by atoms with Crippen LogP contribution >= 0.6 is 0 Å². The second-order valence-electron chi connectivity index (χ2n) is 6.46. The van der Waals surface area contributed by atoms with Crippen LogP contribution < -0.4 is 5.32 Å². The molecule has 0 aromatic carbocycles. The first kappa shape index (κ1) is 14.6. The van der Waals surface area contributed by atoms with Gasteiger partial charge in [0, 0.05) is 13.1 Å². The third kappa shape index (κ3) is 4.07.